The Morgan fingerprint density at radius 3 is 2.09 bits per heavy atom. The van der Waals surface area contributed by atoms with E-state index in [2.05, 4.69) is 11.9 Å². The van der Waals surface area contributed by atoms with Gasteiger partial charge in [0.15, 0.2) is 23.3 Å². The summed E-state index contributed by atoms with van der Waals surface area (Å²) in [6.45, 7) is 2.94. The number of unbranched alkanes of at least 4 members (excludes halogenated alkanes) is 1. The van der Waals surface area contributed by atoms with Crippen LogP contribution in [0.1, 0.15) is 18.4 Å². The number of ether oxygens (including phenoxy) is 1. The molecule has 8 heteroatoms. The summed E-state index contributed by atoms with van der Waals surface area (Å²) in [7, 11) is 0. The molecule has 0 aliphatic carbocycles. The molecule has 0 aromatic heterocycles. The van der Waals surface area contributed by atoms with Gasteiger partial charge < -0.3 is 10.1 Å². The number of rotatable bonds is 8. The molecule has 0 heterocycles. The molecule has 122 valence electrons. The molecule has 1 rings (SSSR count). The predicted molar refractivity (Wildman–Crippen MR) is 68.3 cm³/mol. The van der Waals surface area contributed by atoms with Gasteiger partial charge in [-0.1, -0.05) is 6.58 Å². The Morgan fingerprint density at radius 2 is 1.55 bits per heavy atom. The fraction of sp³-hybridized carbons (Fsp3) is 0.357. The number of carbonyl (C=O) groups excluding carboxylic acids is 1. The van der Waals surface area contributed by atoms with Crippen molar-refractivity contribution in [2.75, 3.05) is 13.2 Å². The molecule has 0 saturated heterocycles. The first-order valence-electron chi connectivity index (χ1n) is 6.38. The molecule has 0 unspecified atom stereocenters. The fourth-order valence-corrected chi connectivity index (χ4v) is 1.56. The maximum atomic E-state index is 13.3. The number of nitrogens with one attached hydrogen (secondary N) is 1. The van der Waals surface area contributed by atoms with Crippen LogP contribution in [0.5, 0.6) is 0 Å². The molecule has 0 fully saturated rings. The van der Waals surface area contributed by atoms with E-state index in [0.29, 0.717) is 19.4 Å². The third-order valence-electron chi connectivity index (χ3n) is 2.75. The number of hydrogen-bond acceptors (Lipinski definition) is 2. The van der Waals surface area contributed by atoms with E-state index in [9.17, 15) is 26.7 Å². The Morgan fingerprint density at radius 1 is 1.00 bits per heavy atom. The van der Waals surface area contributed by atoms with E-state index in [-0.39, 0.29) is 12.5 Å². The molecule has 0 spiro atoms. The van der Waals surface area contributed by atoms with Crippen LogP contribution >= 0.6 is 0 Å². The summed E-state index contributed by atoms with van der Waals surface area (Å²) >= 11 is 0. The SMILES string of the molecule is C=CC(=O)NCCCCOCc1c(F)c(F)c(F)c(F)c1F. The third-order valence-corrected chi connectivity index (χ3v) is 2.75. The molecule has 1 amide bonds. The Labute approximate surface area is 123 Å². The van der Waals surface area contributed by atoms with Crippen molar-refractivity contribution < 1.29 is 31.5 Å². The van der Waals surface area contributed by atoms with Crippen LogP contribution in [0.15, 0.2) is 12.7 Å². The largest absolute Gasteiger partial charge is 0.377 e. The summed E-state index contributed by atoms with van der Waals surface area (Å²) in [4.78, 5) is 10.8. The number of amides is 1. The minimum atomic E-state index is -2.20. The van der Waals surface area contributed by atoms with Gasteiger partial charge in [0, 0.05) is 13.2 Å². The molecule has 0 aliphatic heterocycles. The van der Waals surface area contributed by atoms with E-state index in [1.165, 1.54) is 0 Å². The molecule has 0 radical (unpaired) electrons. The van der Waals surface area contributed by atoms with Crippen molar-refractivity contribution in [3.8, 4) is 0 Å². The zero-order valence-electron chi connectivity index (χ0n) is 11.5. The lowest BCUT2D eigenvalue weighted by Crippen LogP contribution is -2.22. The Bertz CT molecular complexity index is 534. The lowest BCUT2D eigenvalue weighted by molar-refractivity contribution is -0.116. The van der Waals surface area contributed by atoms with E-state index >= 15 is 0 Å². The van der Waals surface area contributed by atoms with Gasteiger partial charge in [-0.25, -0.2) is 22.0 Å². The quantitative estimate of drug-likeness (QED) is 0.263. The molecule has 3 nitrogen and oxygen atoms in total. The lowest BCUT2D eigenvalue weighted by Gasteiger charge is -2.09. The summed E-state index contributed by atoms with van der Waals surface area (Å²) < 4.78 is 70.2. The van der Waals surface area contributed by atoms with Crippen molar-refractivity contribution in [1.82, 2.24) is 5.32 Å². The normalized spacial score (nSPS) is 10.6. The molecule has 0 atom stereocenters. The average molecular weight is 323 g/mol. The van der Waals surface area contributed by atoms with Crippen LogP contribution in [0, 0.1) is 29.1 Å². The van der Waals surface area contributed by atoms with Gasteiger partial charge in [0.25, 0.3) is 0 Å². The van der Waals surface area contributed by atoms with E-state index < -0.39 is 41.3 Å². The third kappa shape index (κ3) is 4.52. The monoisotopic (exact) mass is 323 g/mol. The van der Waals surface area contributed by atoms with Gasteiger partial charge in [0.1, 0.15) is 0 Å². The van der Waals surface area contributed by atoms with E-state index in [0.717, 1.165) is 6.08 Å². The second-order valence-corrected chi connectivity index (χ2v) is 4.30. The molecule has 0 bridgehead atoms. The van der Waals surface area contributed by atoms with Crippen molar-refractivity contribution in [2.24, 2.45) is 0 Å². The maximum Gasteiger partial charge on any atom is 0.243 e. The van der Waals surface area contributed by atoms with Crippen LogP contribution in [-0.4, -0.2) is 19.1 Å². The molecular formula is C14H14F5NO2. The molecule has 0 saturated carbocycles. The van der Waals surface area contributed by atoms with Gasteiger partial charge in [-0.3, -0.25) is 4.79 Å². The minimum Gasteiger partial charge on any atom is -0.377 e. The summed E-state index contributed by atoms with van der Waals surface area (Å²) in [6.07, 6.45) is 2.07. The number of benzene rings is 1. The highest BCUT2D eigenvalue weighted by Gasteiger charge is 2.25. The van der Waals surface area contributed by atoms with Gasteiger partial charge in [-0.05, 0) is 18.9 Å². The maximum absolute atomic E-state index is 13.3. The second kappa shape index (κ2) is 8.47. The Kier molecular flexibility index (Phi) is 6.97. The van der Waals surface area contributed by atoms with Crippen LogP contribution in [0.4, 0.5) is 22.0 Å². The topological polar surface area (TPSA) is 38.3 Å². The van der Waals surface area contributed by atoms with Crippen molar-refractivity contribution in [3.63, 3.8) is 0 Å². The average Bonchev–Trinajstić information content (AvgIpc) is 2.52. The second-order valence-electron chi connectivity index (χ2n) is 4.30. The molecule has 22 heavy (non-hydrogen) atoms. The molecule has 1 aromatic rings. The number of hydrogen-bond donors (Lipinski definition) is 1. The first-order valence-corrected chi connectivity index (χ1v) is 6.38. The summed E-state index contributed by atoms with van der Waals surface area (Å²) in [5, 5.41) is 2.51. The zero-order chi connectivity index (χ0) is 16.7. The standard InChI is InChI=1S/C14H14F5NO2/c1-2-9(21)20-5-3-4-6-22-7-8-10(15)12(17)14(19)13(18)11(8)16/h2H,1,3-7H2,(H,20,21). The molecule has 1 N–H and O–H groups in total. The van der Waals surface area contributed by atoms with E-state index in [1.54, 1.807) is 0 Å². The Hall–Kier alpha value is -1.96. The minimum absolute atomic E-state index is 0.0451. The van der Waals surface area contributed by atoms with Crippen molar-refractivity contribution >= 4 is 5.91 Å². The lowest BCUT2D eigenvalue weighted by atomic mass is 10.2. The first kappa shape index (κ1) is 18.1. The van der Waals surface area contributed by atoms with Crippen LogP contribution in [0.2, 0.25) is 0 Å². The highest BCUT2D eigenvalue weighted by molar-refractivity contribution is 5.86. The van der Waals surface area contributed by atoms with Crippen LogP contribution in [0.3, 0.4) is 0 Å². The van der Waals surface area contributed by atoms with Gasteiger partial charge >= 0.3 is 0 Å². The first-order chi connectivity index (χ1) is 10.4. The van der Waals surface area contributed by atoms with Gasteiger partial charge in [0.2, 0.25) is 11.7 Å². The van der Waals surface area contributed by atoms with Crippen molar-refractivity contribution in [1.29, 1.82) is 0 Å². The number of halogens is 5. The molecule has 0 aliphatic rings. The number of carbonyl (C=O) groups is 1. The van der Waals surface area contributed by atoms with Crippen LogP contribution in [-0.2, 0) is 16.1 Å². The van der Waals surface area contributed by atoms with Gasteiger partial charge in [-0.15, -0.1) is 0 Å². The highest BCUT2D eigenvalue weighted by Crippen LogP contribution is 2.23. The van der Waals surface area contributed by atoms with Crippen LogP contribution < -0.4 is 5.32 Å². The van der Waals surface area contributed by atoms with Crippen molar-refractivity contribution in [3.05, 3.63) is 47.3 Å². The van der Waals surface area contributed by atoms with E-state index in [4.69, 9.17) is 4.74 Å². The van der Waals surface area contributed by atoms with E-state index in [1.807, 2.05) is 0 Å². The van der Waals surface area contributed by atoms with Gasteiger partial charge in [-0.2, -0.15) is 0 Å². The van der Waals surface area contributed by atoms with Crippen LogP contribution in [0.25, 0.3) is 0 Å². The summed E-state index contributed by atoms with van der Waals surface area (Å²) in [6, 6.07) is 0. The van der Waals surface area contributed by atoms with Gasteiger partial charge in [0.05, 0.1) is 12.2 Å². The molecular weight excluding hydrogens is 309 g/mol. The summed E-state index contributed by atoms with van der Waals surface area (Å²) in [5.74, 6) is -10.3. The summed E-state index contributed by atoms with van der Waals surface area (Å²) in [5.41, 5.74) is -1.00. The fourth-order valence-electron chi connectivity index (χ4n) is 1.56. The zero-order valence-corrected chi connectivity index (χ0v) is 11.5. The molecule has 1 aromatic carbocycles. The van der Waals surface area contributed by atoms with Crippen molar-refractivity contribution in [2.45, 2.75) is 19.4 Å². The highest BCUT2D eigenvalue weighted by atomic mass is 19.2. The Balaban J connectivity index is 2.43. The smallest absolute Gasteiger partial charge is 0.243 e. The predicted octanol–water partition coefficient (Wildman–Crippen LogP) is 2.98.